The van der Waals surface area contributed by atoms with Gasteiger partial charge in [-0.2, -0.15) is 0 Å². The van der Waals surface area contributed by atoms with Gasteiger partial charge in [0.1, 0.15) is 0 Å². The van der Waals surface area contributed by atoms with Crippen LogP contribution in [0.15, 0.2) is 17.1 Å². The normalized spacial score (nSPS) is 16.0. The fourth-order valence-corrected chi connectivity index (χ4v) is 1.61. The van der Waals surface area contributed by atoms with Crippen LogP contribution in [0.3, 0.4) is 0 Å². The molecule has 0 saturated carbocycles. The minimum absolute atomic E-state index is 0.230. The van der Waals surface area contributed by atoms with Crippen LogP contribution in [0.2, 0.25) is 0 Å². The minimum Gasteiger partial charge on any atom is -0.469 e. The molecule has 0 aromatic heterocycles. The van der Waals surface area contributed by atoms with Crippen molar-refractivity contribution in [3.8, 4) is 0 Å². The quantitative estimate of drug-likeness (QED) is 0.323. The van der Waals surface area contributed by atoms with Gasteiger partial charge >= 0.3 is 5.97 Å². The van der Waals surface area contributed by atoms with E-state index in [2.05, 4.69) is 32.5 Å². The zero-order valence-electron chi connectivity index (χ0n) is 10.5. The largest absolute Gasteiger partial charge is 0.469 e. The predicted octanol–water partition coefficient (Wildman–Crippen LogP) is 0.823. The van der Waals surface area contributed by atoms with E-state index in [9.17, 15) is 4.79 Å². The molecule has 1 aliphatic carbocycles. The molecule has 0 radical (unpaired) electrons. The third-order valence-corrected chi connectivity index (χ3v) is 2.51. The Balaban J connectivity index is 2.35. The molecular weight excluding hydrogens is 218 g/mol. The predicted molar refractivity (Wildman–Crippen MR) is 67.9 cm³/mol. The molecular formula is C12H21N3O2. The summed E-state index contributed by atoms with van der Waals surface area (Å²) in [5.41, 5.74) is 0. The second-order valence-electron chi connectivity index (χ2n) is 3.87. The Hall–Kier alpha value is -1.52. The number of rotatable bonds is 5. The lowest BCUT2D eigenvalue weighted by atomic mass is 10.2. The highest BCUT2D eigenvalue weighted by molar-refractivity contribution is 5.80. The Bertz CT molecular complexity index is 292. The fraction of sp³-hybridized carbons (Fsp3) is 0.667. The zero-order valence-corrected chi connectivity index (χ0v) is 10.5. The fourth-order valence-electron chi connectivity index (χ4n) is 1.61. The minimum atomic E-state index is -0.230. The molecule has 5 heteroatoms. The van der Waals surface area contributed by atoms with E-state index in [1.807, 2.05) is 6.92 Å². The average Bonchev–Trinajstić information content (AvgIpc) is 2.81. The molecule has 0 amide bonds. The number of hydrogen-bond acceptors (Lipinski definition) is 3. The van der Waals surface area contributed by atoms with Crippen LogP contribution in [0.5, 0.6) is 0 Å². The first-order valence-corrected chi connectivity index (χ1v) is 6.03. The van der Waals surface area contributed by atoms with Gasteiger partial charge in [-0.15, -0.1) is 0 Å². The zero-order chi connectivity index (χ0) is 12.5. The number of carbonyl (C=O) groups is 1. The first kappa shape index (κ1) is 13.5. The Morgan fingerprint density at radius 1 is 1.47 bits per heavy atom. The highest BCUT2D eigenvalue weighted by Crippen LogP contribution is 2.08. The van der Waals surface area contributed by atoms with E-state index in [1.54, 1.807) is 0 Å². The Labute approximate surface area is 102 Å². The molecule has 0 heterocycles. The van der Waals surface area contributed by atoms with E-state index >= 15 is 0 Å². The van der Waals surface area contributed by atoms with E-state index in [1.165, 1.54) is 7.11 Å². The third-order valence-electron chi connectivity index (χ3n) is 2.51. The van der Waals surface area contributed by atoms with Gasteiger partial charge in [-0.05, 0) is 19.8 Å². The van der Waals surface area contributed by atoms with Crippen LogP contribution < -0.4 is 10.6 Å². The highest BCUT2D eigenvalue weighted by Gasteiger charge is 2.11. The molecule has 0 fully saturated rings. The van der Waals surface area contributed by atoms with Crippen LogP contribution in [0.1, 0.15) is 26.2 Å². The summed E-state index contributed by atoms with van der Waals surface area (Å²) in [7, 11) is 1.39. The number of ether oxygens (including phenoxy) is 1. The molecule has 0 saturated heterocycles. The number of methoxy groups -OCH3 is 1. The Morgan fingerprint density at radius 2 is 2.18 bits per heavy atom. The van der Waals surface area contributed by atoms with Crippen molar-refractivity contribution >= 4 is 11.9 Å². The summed E-state index contributed by atoms with van der Waals surface area (Å²) in [4.78, 5) is 15.3. The van der Waals surface area contributed by atoms with Gasteiger partial charge in [-0.25, -0.2) is 0 Å². The monoisotopic (exact) mass is 239 g/mol. The molecule has 0 spiro atoms. The molecule has 0 aromatic rings. The summed E-state index contributed by atoms with van der Waals surface area (Å²) >= 11 is 0. The smallest absolute Gasteiger partial charge is 0.307 e. The second-order valence-corrected chi connectivity index (χ2v) is 3.87. The maximum atomic E-state index is 11.0. The van der Waals surface area contributed by atoms with Crippen molar-refractivity contribution in [3.05, 3.63) is 12.2 Å². The molecule has 96 valence electrons. The molecule has 1 rings (SSSR count). The van der Waals surface area contributed by atoms with Gasteiger partial charge < -0.3 is 15.4 Å². The number of esters is 1. The number of nitrogens with one attached hydrogen (secondary N) is 2. The second kappa shape index (κ2) is 7.70. The van der Waals surface area contributed by atoms with E-state index in [-0.39, 0.29) is 5.97 Å². The summed E-state index contributed by atoms with van der Waals surface area (Å²) in [6.45, 7) is 3.27. The maximum Gasteiger partial charge on any atom is 0.307 e. The summed E-state index contributed by atoms with van der Waals surface area (Å²) in [5.74, 6) is 0.539. The standard InChI is InChI=1S/C12H21N3O2/c1-3-13-12(14-9-8-11(16)17-2)15-10-6-4-5-7-10/h4-5,10H,3,6-9H2,1-2H3,(H2,13,14,15). The van der Waals surface area contributed by atoms with Crippen molar-refractivity contribution in [1.29, 1.82) is 0 Å². The van der Waals surface area contributed by atoms with Crippen LogP contribution in [-0.2, 0) is 9.53 Å². The van der Waals surface area contributed by atoms with E-state index < -0.39 is 0 Å². The number of aliphatic imine (C=N–C) groups is 1. The first-order chi connectivity index (χ1) is 8.26. The van der Waals surface area contributed by atoms with Crippen LogP contribution in [-0.4, -0.2) is 38.2 Å². The van der Waals surface area contributed by atoms with Gasteiger partial charge in [0.2, 0.25) is 0 Å². The summed E-state index contributed by atoms with van der Waals surface area (Å²) in [5, 5.41) is 6.49. The molecule has 1 aliphatic rings. The lowest BCUT2D eigenvalue weighted by Gasteiger charge is -2.16. The number of carbonyl (C=O) groups excluding carboxylic acids is 1. The Morgan fingerprint density at radius 3 is 2.76 bits per heavy atom. The van der Waals surface area contributed by atoms with Crippen molar-refractivity contribution < 1.29 is 9.53 Å². The molecule has 5 nitrogen and oxygen atoms in total. The molecule has 0 aliphatic heterocycles. The van der Waals surface area contributed by atoms with Crippen LogP contribution in [0, 0.1) is 0 Å². The topological polar surface area (TPSA) is 62.7 Å². The van der Waals surface area contributed by atoms with Crippen molar-refractivity contribution in [3.63, 3.8) is 0 Å². The molecule has 2 N–H and O–H groups in total. The van der Waals surface area contributed by atoms with Crippen LogP contribution in [0.4, 0.5) is 0 Å². The van der Waals surface area contributed by atoms with Crippen molar-refractivity contribution in [2.24, 2.45) is 4.99 Å². The van der Waals surface area contributed by atoms with Crippen LogP contribution in [0.25, 0.3) is 0 Å². The Kier molecular flexibility index (Phi) is 6.14. The van der Waals surface area contributed by atoms with Gasteiger partial charge in [0.05, 0.1) is 20.1 Å². The van der Waals surface area contributed by atoms with E-state index in [4.69, 9.17) is 0 Å². The van der Waals surface area contributed by atoms with E-state index in [0.717, 1.165) is 25.3 Å². The number of guanidine groups is 1. The van der Waals surface area contributed by atoms with Gasteiger partial charge in [0, 0.05) is 12.6 Å². The van der Waals surface area contributed by atoms with Crippen molar-refractivity contribution in [2.75, 3.05) is 20.2 Å². The summed E-state index contributed by atoms with van der Waals surface area (Å²) in [6, 6.07) is 0.422. The summed E-state index contributed by atoms with van der Waals surface area (Å²) < 4.78 is 4.57. The molecule has 0 aromatic carbocycles. The number of nitrogens with zero attached hydrogens (tertiary/aromatic N) is 1. The first-order valence-electron chi connectivity index (χ1n) is 6.03. The summed E-state index contributed by atoms with van der Waals surface area (Å²) in [6.07, 6.45) is 6.70. The molecule has 0 unspecified atom stereocenters. The molecule has 0 bridgehead atoms. The average molecular weight is 239 g/mol. The van der Waals surface area contributed by atoms with Crippen LogP contribution >= 0.6 is 0 Å². The SMILES string of the molecule is CCNC(=NCCC(=O)OC)NC1CC=CC1. The van der Waals surface area contributed by atoms with Gasteiger partial charge in [0.25, 0.3) is 0 Å². The lowest BCUT2D eigenvalue weighted by Crippen LogP contribution is -2.42. The van der Waals surface area contributed by atoms with Crippen molar-refractivity contribution in [2.45, 2.75) is 32.2 Å². The highest BCUT2D eigenvalue weighted by atomic mass is 16.5. The lowest BCUT2D eigenvalue weighted by molar-refractivity contribution is -0.140. The van der Waals surface area contributed by atoms with Gasteiger partial charge in [0.15, 0.2) is 5.96 Å². The van der Waals surface area contributed by atoms with Crippen molar-refractivity contribution in [1.82, 2.24) is 10.6 Å². The van der Waals surface area contributed by atoms with E-state index in [0.29, 0.717) is 19.0 Å². The number of hydrogen-bond donors (Lipinski definition) is 2. The van der Waals surface area contributed by atoms with Gasteiger partial charge in [-0.3, -0.25) is 9.79 Å². The van der Waals surface area contributed by atoms with Gasteiger partial charge in [-0.1, -0.05) is 12.2 Å². The third kappa shape index (κ3) is 5.38. The molecule has 0 atom stereocenters. The maximum absolute atomic E-state index is 11.0. The molecule has 17 heavy (non-hydrogen) atoms.